The molecule has 1 aliphatic rings. The number of ether oxygens (including phenoxy) is 1. The molecule has 1 amide bonds. The third kappa shape index (κ3) is 3.92. The van der Waals surface area contributed by atoms with Crippen molar-refractivity contribution in [2.24, 2.45) is 0 Å². The van der Waals surface area contributed by atoms with Crippen LogP contribution in [0.1, 0.15) is 5.56 Å². The first-order chi connectivity index (χ1) is 12.8. The second-order valence-corrected chi connectivity index (χ2v) is 7.02. The standard InChI is InChI=1S/C20H19N3O2S/c24-19(9-6-15-4-2-1-3-5-15)21-16-7-8-17-18(14-16)26-20(22-17)23-10-12-25-13-11-23/h1-9,14H,10-13H2,(H,21,24). The average molecular weight is 365 g/mol. The Morgan fingerprint density at radius 1 is 1.15 bits per heavy atom. The van der Waals surface area contributed by atoms with Gasteiger partial charge in [-0.3, -0.25) is 4.79 Å². The normalized spacial score (nSPS) is 14.8. The smallest absolute Gasteiger partial charge is 0.248 e. The first kappa shape index (κ1) is 16.8. The molecule has 0 unspecified atom stereocenters. The summed E-state index contributed by atoms with van der Waals surface area (Å²) in [5, 5.41) is 3.92. The van der Waals surface area contributed by atoms with Gasteiger partial charge in [-0.1, -0.05) is 41.7 Å². The number of morpholine rings is 1. The van der Waals surface area contributed by atoms with E-state index < -0.39 is 0 Å². The molecular weight excluding hydrogens is 346 g/mol. The number of amides is 1. The van der Waals surface area contributed by atoms with Crippen LogP contribution in [0.3, 0.4) is 0 Å². The minimum absolute atomic E-state index is 0.147. The monoisotopic (exact) mass is 365 g/mol. The highest BCUT2D eigenvalue weighted by Crippen LogP contribution is 2.31. The molecule has 0 saturated carbocycles. The van der Waals surface area contributed by atoms with Crippen molar-refractivity contribution in [3.8, 4) is 0 Å². The number of carbonyl (C=O) groups excluding carboxylic acids is 1. The van der Waals surface area contributed by atoms with Gasteiger partial charge in [-0.15, -0.1) is 0 Å². The number of fused-ring (bicyclic) bond motifs is 1. The van der Waals surface area contributed by atoms with Crippen molar-refractivity contribution in [2.45, 2.75) is 0 Å². The van der Waals surface area contributed by atoms with Crippen molar-refractivity contribution < 1.29 is 9.53 Å². The first-order valence-electron chi connectivity index (χ1n) is 8.55. The Bertz CT molecular complexity index is 931. The van der Waals surface area contributed by atoms with E-state index in [2.05, 4.69) is 10.2 Å². The lowest BCUT2D eigenvalue weighted by Crippen LogP contribution is -2.36. The maximum atomic E-state index is 12.1. The number of rotatable bonds is 4. The quantitative estimate of drug-likeness (QED) is 0.715. The molecule has 1 aliphatic heterocycles. The van der Waals surface area contributed by atoms with E-state index in [0.717, 1.165) is 52.9 Å². The summed E-state index contributed by atoms with van der Waals surface area (Å²) < 4.78 is 6.46. The fourth-order valence-corrected chi connectivity index (χ4v) is 3.86. The molecule has 1 saturated heterocycles. The highest BCUT2D eigenvalue weighted by atomic mass is 32.1. The van der Waals surface area contributed by atoms with Gasteiger partial charge in [0.05, 0.1) is 23.4 Å². The number of nitrogens with one attached hydrogen (secondary N) is 1. The lowest BCUT2D eigenvalue weighted by Gasteiger charge is -2.25. The average Bonchev–Trinajstić information content (AvgIpc) is 3.11. The Labute approximate surface area is 155 Å². The fourth-order valence-electron chi connectivity index (χ4n) is 2.80. The number of hydrogen-bond acceptors (Lipinski definition) is 5. The van der Waals surface area contributed by atoms with E-state index in [1.807, 2.05) is 48.5 Å². The SMILES string of the molecule is O=C(C=Cc1ccccc1)Nc1ccc2nc(N3CCOCC3)sc2c1. The van der Waals surface area contributed by atoms with Crippen LogP contribution in [0.2, 0.25) is 0 Å². The van der Waals surface area contributed by atoms with Crippen molar-refractivity contribution in [1.29, 1.82) is 0 Å². The van der Waals surface area contributed by atoms with Crippen LogP contribution >= 0.6 is 11.3 Å². The first-order valence-corrected chi connectivity index (χ1v) is 9.37. The summed E-state index contributed by atoms with van der Waals surface area (Å²) in [5.74, 6) is -0.147. The fraction of sp³-hybridized carbons (Fsp3) is 0.200. The van der Waals surface area contributed by atoms with E-state index in [-0.39, 0.29) is 5.91 Å². The van der Waals surface area contributed by atoms with E-state index in [4.69, 9.17) is 9.72 Å². The van der Waals surface area contributed by atoms with Crippen LogP contribution in [0.5, 0.6) is 0 Å². The molecule has 1 fully saturated rings. The van der Waals surface area contributed by atoms with Crippen molar-refractivity contribution in [3.63, 3.8) is 0 Å². The molecule has 1 aromatic heterocycles. The Balaban J connectivity index is 1.46. The van der Waals surface area contributed by atoms with Gasteiger partial charge in [-0.2, -0.15) is 0 Å². The predicted octanol–water partition coefficient (Wildman–Crippen LogP) is 3.78. The molecule has 2 heterocycles. The molecule has 3 aromatic rings. The maximum Gasteiger partial charge on any atom is 0.248 e. The number of hydrogen-bond donors (Lipinski definition) is 1. The largest absolute Gasteiger partial charge is 0.378 e. The number of benzene rings is 2. The maximum absolute atomic E-state index is 12.1. The summed E-state index contributed by atoms with van der Waals surface area (Å²) in [6.07, 6.45) is 3.35. The van der Waals surface area contributed by atoms with Gasteiger partial charge in [0.2, 0.25) is 5.91 Å². The molecule has 132 valence electrons. The predicted molar refractivity (Wildman–Crippen MR) is 107 cm³/mol. The van der Waals surface area contributed by atoms with E-state index in [0.29, 0.717) is 0 Å². The van der Waals surface area contributed by atoms with Crippen molar-refractivity contribution in [1.82, 2.24) is 4.98 Å². The van der Waals surface area contributed by atoms with Crippen LogP contribution in [-0.4, -0.2) is 37.2 Å². The molecular formula is C20H19N3O2S. The summed E-state index contributed by atoms with van der Waals surface area (Å²) in [7, 11) is 0. The molecule has 0 spiro atoms. The molecule has 26 heavy (non-hydrogen) atoms. The number of aromatic nitrogens is 1. The highest BCUT2D eigenvalue weighted by molar-refractivity contribution is 7.22. The number of carbonyl (C=O) groups is 1. The van der Waals surface area contributed by atoms with Crippen molar-refractivity contribution in [2.75, 3.05) is 36.5 Å². The second kappa shape index (κ2) is 7.68. The molecule has 1 N–H and O–H groups in total. The van der Waals surface area contributed by atoms with Gasteiger partial charge >= 0.3 is 0 Å². The Morgan fingerprint density at radius 2 is 1.96 bits per heavy atom. The number of thiazole rings is 1. The number of anilines is 2. The van der Waals surface area contributed by atoms with Gasteiger partial charge in [0.25, 0.3) is 0 Å². The molecule has 6 heteroatoms. The third-order valence-corrected chi connectivity index (χ3v) is 5.23. The number of nitrogens with zero attached hydrogens (tertiary/aromatic N) is 2. The zero-order valence-electron chi connectivity index (χ0n) is 14.2. The summed E-state index contributed by atoms with van der Waals surface area (Å²) in [6, 6.07) is 15.6. The van der Waals surface area contributed by atoms with Crippen LogP contribution in [-0.2, 0) is 9.53 Å². The van der Waals surface area contributed by atoms with E-state index >= 15 is 0 Å². The molecule has 0 bridgehead atoms. The van der Waals surface area contributed by atoms with Gasteiger partial charge in [-0.05, 0) is 29.8 Å². The Hall–Kier alpha value is -2.70. The van der Waals surface area contributed by atoms with Crippen LogP contribution in [0, 0.1) is 0 Å². The van der Waals surface area contributed by atoms with Gasteiger partial charge in [0.1, 0.15) is 0 Å². The zero-order chi connectivity index (χ0) is 17.8. The van der Waals surface area contributed by atoms with Crippen LogP contribution < -0.4 is 10.2 Å². The topological polar surface area (TPSA) is 54.5 Å². The van der Waals surface area contributed by atoms with E-state index in [1.165, 1.54) is 0 Å². The summed E-state index contributed by atoms with van der Waals surface area (Å²) >= 11 is 1.65. The van der Waals surface area contributed by atoms with E-state index in [9.17, 15) is 4.79 Å². The second-order valence-electron chi connectivity index (χ2n) is 6.01. The minimum Gasteiger partial charge on any atom is -0.378 e. The van der Waals surface area contributed by atoms with Crippen LogP contribution in [0.25, 0.3) is 16.3 Å². The van der Waals surface area contributed by atoms with Gasteiger partial charge in [0.15, 0.2) is 5.13 Å². The zero-order valence-corrected chi connectivity index (χ0v) is 15.0. The minimum atomic E-state index is -0.147. The molecule has 0 radical (unpaired) electrons. The molecule has 0 atom stereocenters. The molecule has 5 nitrogen and oxygen atoms in total. The lowest BCUT2D eigenvalue weighted by molar-refractivity contribution is -0.111. The molecule has 0 aliphatic carbocycles. The van der Waals surface area contributed by atoms with Gasteiger partial charge < -0.3 is 15.0 Å². The van der Waals surface area contributed by atoms with Crippen LogP contribution in [0.4, 0.5) is 10.8 Å². The third-order valence-electron chi connectivity index (χ3n) is 4.15. The highest BCUT2D eigenvalue weighted by Gasteiger charge is 2.15. The van der Waals surface area contributed by atoms with Crippen LogP contribution in [0.15, 0.2) is 54.6 Å². The Morgan fingerprint density at radius 3 is 2.77 bits per heavy atom. The van der Waals surface area contributed by atoms with Gasteiger partial charge in [0, 0.05) is 24.9 Å². The summed E-state index contributed by atoms with van der Waals surface area (Å²) in [6.45, 7) is 3.22. The summed E-state index contributed by atoms with van der Waals surface area (Å²) in [5.41, 5.74) is 2.72. The van der Waals surface area contributed by atoms with Gasteiger partial charge in [-0.25, -0.2) is 4.98 Å². The van der Waals surface area contributed by atoms with E-state index in [1.54, 1.807) is 23.5 Å². The lowest BCUT2D eigenvalue weighted by atomic mass is 10.2. The van der Waals surface area contributed by atoms with Crippen molar-refractivity contribution in [3.05, 3.63) is 60.2 Å². The van der Waals surface area contributed by atoms with Crippen molar-refractivity contribution >= 4 is 44.4 Å². The molecule has 2 aromatic carbocycles. The molecule has 4 rings (SSSR count). The summed E-state index contributed by atoms with van der Waals surface area (Å²) in [4.78, 5) is 19.1. The Kier molecular flexibility index (Phi) is 4.95.